The molecule has 0 aliphatic carbocycles. The smallest absolute Gasteiger partial charge is 0.335 e. The van der Waals surface area contributed by atoms with Crippen molar-refractivity contribution in [2.45, 2.75) is 16.7 Å². The maximum atomic E-state index is 13.0. The number of sulfonamides is 2. The van der Waals surface area contributed by atoms with Crippen molar-refractivity contribution in [3.05, 3.63) is 83.7 Å². The van der Waals surface area contributed by atoms with E-state index in [0.29, 0.717) is 5.56 Å². The number of rotatable bonds is 7. The van der Waals surface area contributed by atoms with Gasteiger partial charge in [-0.15, -0.1) is 0 Å². The highest BCUT2D eigenvalue weighted by atomic mass is 32.2. The monoisotopic (exact) mass is 464 g/mol. The maximum absolute atomic E-state index is 13.0. The van der Waals surface area contributed by atoms with E-state index in [1.165, 1.54) is 24.3 Å². The Bertz CT molecular complexity index is 1340. The molecule has 0 unspecified atom stereocenters. The van der Waals surface area contributed by atoms with Crippen LogP contribution in [-0.2, 0) is 20.0 Å². The van der Waals surface area contributed by atoms with Gasteiger partial charge in [0.2, 0.25) is 0 Å². The minimum absolute atomic E-state index is 0.00704. The number of halogens is 1. The number of anilines is 2. The molecule has 0 bridgehead atoms. The Kier molecular flexibility index (Phi) is 6.00. The number of carboxylic acids is 1. The quantitative estimate of drug-likeness (QED) is 0.491. The maximum Gasteiger partial charge on any atom is 0.335 e. The Balaban J connectivity index is 1.89. The number of carboxylic acid groups (broad SMARTS) is 1. The molecule has 0 aliphatic rings. The minimum atomic E-state index is -4.09. The molecule has 8 nitrogen and oxygen atoms in total. The number of hydrogen-bond acceptors (Lipinski definition) is 5. The molecule has 3 aromatic rings. The third-order valence-electron chi connectivity index (χ3n) is 4.24. The fourth-order valence-electron chi connectivity index (χ4n) is 2.67. The molecule has 31 heavy (non-hydrogen) atoms. The Morgan fingerprint density at radius 3 is 1.94 bits per heavy atom. The van der Waals surface area contributed by atoms with Gasteiger partial charge in [-0.25, -0.2) is 26.0 Å². The molecule has 0 saturated carbocycles. The second-order valence-corrected chi connectivity index (χ2v) is 9.86. The lowest BCUT2D eigenvalue weighted by molar-refractivity contribution is 0.0696. The molecule has 0 spiro atoms. The van der Waals surface area contributed by atoms with Gasteiger partial charge in [-0.3, -0.25) is 9.44 Å². The van der Waals surface area contributed by atoms with Crippen molar-refractivity contribution < 1.29 is 31.1 Å². The van der Waals surface area contributed by atoms with E-state index in [0.717, 1.165) is 42.5 Å². The van der Waals surface area contributed by atoms with Gasteiger partial charge in [0.15, 0.2) is 0 Å². The van der Waals surface area contributed by atoms with Gasteiger partial charge in [0, 0.05) is 5.69 Å². The van der Waals surface area contributed by atoms with Crippen LogP contribution < -0.4 is 9.44 Å². The van der Waals surface area contributed by atoms with Crippen LogP contribution >= 0.6 is 0 Å². The van der Waals surface area contributed by atoms with E-state index in [-0.39, 0.29) is 26.7 Å². The van der Waals surface area contributed by atoms with Crippen LogP contribution in [0.5, 0.6) is 0 Å². The molecule has 0 fully saturated rings. The van der Waals surface area contributed by atoms with Crippen LogP contribution in [0.15, 0.2) is 76.5 Å². The summed E-state index contributed by atoms with van der Waals surface area (Å²) >= 11 is 0. The highest BCUT2D eigenvalue weighted by Crippen LogP contribution is 2.25. The van der Waals surface area contributed by atoms with Crippen LogP contribution in [0.25, 0.3) is 0 Å². The van der Waals surface area contributed by atoms with Gasteiger partial charge in [0.1, 0.15) is 5.82 Å². The first-order chi connectivity index (χ1) is 14.5. The van der Waals surface area contributed by atoms with Crippen molar-refractivity contribution in [2.75, 3.05) is 9.44 Å². The van der Waals surface area contributed by atoms with E-state index in [4.69, 9.17) is 5.11 Å². The zero-order valence-electron chi connectivity index (χ0n) is 16.0. The summed E-state index contributed by atoms with van der Waals surface area (Å²) in [5.74, 6) is -1.72. The third kappa shape index (κ3) is 5.19. The predicted molar refractivity (Wildman–Crippen MR) is 113 cm³/mol. The first-order valence-electron chi connectivity index (χ1n) is 8.73. The van der Waals surface area contributed by atoms with Crippen molar-refractivity contribution in [1.82, 2.24) is 0 Å². The van der Waals surface area contributed by atoms with Gasteiger partial charge in [-0.1, -0.05) is 6.07 Å². The Morgan fingerprint density at radius 2 is 1.35 bits per heavy atom. The van der Waals surface area contributed by atoms with Crippen molar-refractivity contribution in [1.29, 1.82) is 0 Å². The molecule has 3 N–H and O–H groups in total. The number of carbonyl (C=O) groups is 1. The average Bonchev–Trinajstić information content (AvgIpc) is 2.71. The lowest BCUT2D eigenvalue weighted by Crippen LogP contribution is -2.16. The van der Waals surface area contributed by atoms with E-state index in [1.54, 1.807) is 6.92 Å². The summed E-state index contributed by atoms with van der Waals surface area (Å²) in [6, 6.07) is 13.3. The summed E-state index contributed by atoms with van der Waals surface area (Å²) < 4.78 is 68.3. The van der Waals surface area contributed by atoms with Crippen LogP contribution in [0.3, 0.4) is 0 Å². The number of aromatic carboxylic acids is 1. The van der Waals surface area contributed by atoms with Crippen molar-refractivity contribution >= 4 is 37.4 Å². The molecule has 0 radical (unpaired) electrons. The molecule has 0 saturated heterocycles. The fraction of sp³-hybridized carbons (Fsp3) is 0.0500. The zero-order chi connectivity index (χ0) is 22.8. The normalized spacial score (nSPS) is 11.7. The molecule has 162 valence electrons. The van der Waals surface area contributed by atoms with Crippen LogP contribution in [0.1, 0.15) is 15.9 Å². The molecule has 0 aromatic heterocycles. The van der Waals surface area contributed by atoms with Crippen molar-refractivity contribution in [3.63, 3.8) is 0 Å². The first-order valence-corrected chi connectivity index (χ1v) is 11.7. The van der Waals surface area contributed by atoms with E-state index in [1.807, 2.05) is 0 Å². The molecule has 0 aliphatic heterocycles. The number of hydrogen-bond donors (Lipinski definition) is 3. The molecular weight excluding hydrogens is 447 g/mol. The molecule has 3 aromatic carbocycles. The van der Waals surface area contributed by atoms with E-state index in [2.05, 4.69) is 9.44 Å². The molecule has 0 amide bonds. The van der Waals surface area contributed by atoms with Crippen molar-refractivity contribution in [2.24, 2.45) is 0 Å². The Hall–Kier alpha value is -3.44. The Morgan fingerprint density at radius 1 is 0.806 bits per heavy atom. The zero-order valence-corrected chi connectivity index (χ0v) is 17.7. The van der Waals surface area contributed by atoms with Gasteiger partial charge in [0.25, 0.3) is 20.0 Å². The average molecular weight is 464 g/mol. The van der Waals surface area contributed by atoms with Crippen LogP contribution in [0, 0.1) is 12.7 Å². The predicted octanol–water partition coefficient (Wildman–Crippen LogP) is 3.43. The van der Waals surface area contributed by atoms with E-state index in [9.17, 15) is 26.0 Å². The molecule has 11 heteroatoms. The standard InChI is InChI=1S/C20H17FN2O6S2/c1-13-2-7-17(23-30(26,27)18-10-3-14(4-11-18)20(24)25)12-19(13)31(28,29)22-16-8-5-15(21)6-9-16/h2-12,22-23H,1H3,(H,24,25). The van der Waals surface area contributed by atoms with Crippen LogP contribution in [0.2, 0.25) is 0 Å². The number of benzene rings is 3. The second kappa shape index (κ2) is 8.36. The summed E-state index contributed by atoms with van der Waals surface area (Å²) in [5.41, 5.74) is 0.426. The van der Waals surface area contributed by atoms with Gasteiger partial charge >= 0.3 is 5.97 Å². The summed E-state index contributed by atoms with van der Waals surface area (Å²) in [6.45, 7) is 1.54. The SMILES string of the molecule is Cc1ccc(NS(=O)(=O)c2ccc(C(=O)O)cc2)cc1S(=O)(=O)Nc1ccc(F)cc1. The fourth-order valence-corrected chi connectivity index (χ4v) is 5.05. The largest absolute Gasteiger partial charge is 0.478 e. The topological polar surface area (TPSA) is 130 Å². The van der Waals surface area contributed by atoms with E-state index >= 15 is 0 Å². The Labute approximate surface area is 178 Å². The highest BCUT2D eigenvalue weighted by molar-refractivity contribution is 7.93. The molecule has 3 rings (SSSR count). The van der Waals surface area contributed by atoms with Crippen LogP contribution in [-0.4, -0.2) is 27.9 Å². The van der Waals surface area contributed by atoms with Gasteiger partial charge in [0.05, 0.1) is 21.0 Å². The number of aryl methyl sites for hydroxylation is 1. The third-order valence-corrected chi connectivity index (χ3v) is 7.16. The highest BCUT2D eigenvalue weighted by Gasteiger charge is 2.20. The summed E-state index contributed by atoms with van der Waals surface area (Å²) in [5, 5.41) is 8.92. The van der Waals surface area contributed by atoms with Gasteiger partial charge in [-0.2, -0.15) is 0 Å². The summed E-state index contributed by atoms with van der Waals surface area (Å²) in [7, 11) is -8.18. The lowest BCUT2D eigenvalue weighted by Gasteiger charge is -2.13. The second-order valence-electron chi connectivity index (χ2n) is 6.53. The van der Waals surface area contributed by atoms with Crippen molar-refractivity contribution in [3.8, 4) is 0 Å². The van der Waals surface area contributed by atoms with Gasteiger partial charge < -0.3 is 5.11 Å². The van der Waals surface area contributed by atoms with Crippen LogP contribution in [0.4, 0.5) is 15.8 Å². The number of nitrogens with one attached hydrogen (secondary N) is 2. The molecule has 0 heterocycles. The minimum Gasteiger partial charge on any atom is -0.478 e. The first kappa shape index (κ1) is 22.2. The molecular formula is C20H17FN2O6S2. The van der Waals surface area contributed by atoms with E-state index < -0.39 is 31.8 Å². The summed E-state index contributed by atoms with van der Waals surface area (Å²) in [4.78, 5) is 10.6. The lowest BCUT2D eigenvalue weighted by atomic mass is 10.2. The summed E-state index contributed by atoms with van der Waals surface area (Å²) in [6.07, 6.45) is 0. The molecule has 0 atom stereocenters. The van der Waals surface area contributed by atoms with Gasteiger partial charge in [-0.05, 0) is 73.2 Å².